The van der Waals surface area contributed by atoms with Crippen molar-refractivity contribution in [3.63, 3.8) is 0 Å². The SMILES string of the molecule is CC1(C)[C@@H](O)CC[C@]2(C)[C@H]3C(=O)C=C4[C@@H]5C[C@@](C)(C(=O)NC(CC(=O)O)C(=O)O)CC[C@]5(C)CC[C@@]4(C)[C@]3(C)CC[C@@H]12. The lowest BCUT2D eigenvalue weighted by atomic mass is 9.33. The van der Waals surface area contributed by atoms with E-state index in [9.17, 15) is 34.5 Å². The summed E-state index contributed by atoms with van der Waals surface area (Å²) in [6.07, 6.45) is 8.22. The summed E-state index contributed by atoms with van der Waals surface area (Å²) in [6.45, 7) is 15.5. The van der Waals surface area contributed by atoms with Crippen molar-refractivity contribution in [2.75, 3.05) is 0 Å². The van der Waals surface area contributed by atoms with E-state index in [1.807, 2.05) is 13.0 Å². The lowest BCUT2D eigenvalue weighted by Gasteiger charge is -2.70. The van der Waals surface area contributed by atoms with E-state index in [2.05, 4.69) is 46.9 Å². The highest BCUT2D eigenvalue weighted by Gasteiger charge is 2.70. The number of carboxylic acids is 2. The van der Waals surface area contributed by atoms with Crippen molar-refractivity contribution >= 4 is 23.6 Å². The third-order valence-electron chi connectivity index (χ3n) is 14.1. The summed E-state index contributed by atoms with van der Waals surface area (Å²) in [5.74, 6) is -2.73. The van der Waals surface area contributed by atoms with Crippen LogP contribution in [-0.4, -0.2) is 51.1 Å². The first kappa shape index (κ1) is 31.2. The van der Waals surface area contributed by atoms with Crippen LogP contribution in [0.15, 0.2) is 11.6 Å². The molecule has 0 bridgehead atoms. The van der Waals surface area contributed by atoms with E-state index in [-0.39, 0.29) is 56.7 Å². The Kier molecular flexibility index (Phi) is 7.16. The largest absolute Gasteiger partial charge is 0.481 e. The molecule has 4 fully saturated rings. The maximum atomic E-state index is 14.4. The van der Waals surface area contributed by atoms with Crippen LogP contribution < -0.4 is 5.32 Å². The van der Waals surface area contributed by atoms with Crippen LogP contribution in [0.5, 0.6) is 0 Å². The molecule has 1 amide bonds. The summed E-state index contributed by atoms with van der Waals surface area (Å²) >= 11 is 0. The van der Waals surface area contributed by atoms with E-state index in [4.69, 9.17) is 0 Å². The van der Waals surface area contributed by atoms with Crippen LogP contribution in [0.3, 0.4) is 0 Å². The minimum atomic E-state index is -1.49. The number of aliphatic carboxylic acids is 2. The van der Waals surface area contributed by atoms with Crippen LogP contribution >= 0.6 is 0 Å². The number of amides is 1. The molecule has 0 aromatic carbocycles. The number of hydrogen-bond donors (Lipinski definition) is 4. The van der Waals surface area contributed by atoms with Gasteiger partial charge in [0, 0.05) is 11.3 Å². The molecule has 8 heteroatoms. The fraction of sp³-hybridized carbons (Fsp3) is 0.824. The van der Waals surface area contributed by atoms with Crippen LogP contribution in [0.25, 0.3) is 0 Å². The van der Waals surface area contributed by atoms with Gasteiger partial charge in [0.1, 0.15) is 6.04 Å². The maximum absolute atomic E-state index is 14.4. The standard InChI is InChI=1S/C34H51NO7/c1-29(2)23-8-11-34(7)26(32(23,5)10-9-24(29)37)22(36)16-19-20-18-31(4,13-12-30(20,3)14-15-33(19,34)6)28(42)35-21(27(40)41)17-25(38)39/h16,20-21,23-24,26,37H,8-15,17-18H2,1-7H3,(H,35,42)(H,38,39)(H,40,41)/t20-,21?,23-,24-,26+,30+,31-,32-,33+,34+/m0/s1. The molecular weight excluding hydrogens is 534 g/mol. The van der Waals surface area contributed by atoms with Crippen molar-refractivity contribution < 1.29 is 34.5 Å². The quantitative estimate of drug-likeness (QED) is 0.340. The Hall–Kier alpha value is -2.22. The van der Waals surface area contributed by atoms with E-state index in [0.29, 0.717) is 19.3 Å². The molecule has 234 valence electrons. The molecule has 0 saturated heterocycles. The lowest BCUT2D eigenvalue weighted by molar-refractivity contribution is -0.202. The monoisotopic (exact) mass is 585 g/mol. The van der Waals surface area contributed by atoms with Gasteiger partial charge in [-0.25, -0.2) is 4.79 Å². The molecule has 0 radical (unpaired) electrons. The van der Waals surface area contributed by atoms with Crippen LogP contribution in [0.1, 0.15) is 113 Å². The van der Waals surface area contributed by atoms with E-state index < -0.39 is 35.7 Å². The summed E-state index contributed by atoms with van der Waals surface area (Å²) in [5, 5.41) is 32.2. The molecule has 0 aromatic rings. The van der Waals surface area contributed by atoms with Gasteiger partial charge in [0.05, 0.1) is 12.5 Å². The smallest absolute Gasteiger partial charge is 0.326 e. The first-order chi connectivity index (χ1) is 19.2. The Labute approximate surface area is 250 Å². The zero-order chi connectivity index (χ0) is 31.3. The van der Waals surface area contributed by atoms with Crippen molar-refractivity contribution in [1.29, 1.82) is 0 Å². The second-order valence-corrected chi connectivity index (χ2v) is 16.6. The average molecular weight is 586 g/mol. The van der Waals surface area contributed by atoms with Crippen molar-refractivity contribution in [3.05, 3.63) is 11.6 Å². The Morgan fingerprint density at radius 2 is 1.57 bits per heavy atom. The maximum Gasteiger partial charge on any atom is 0.326 e. The van der Waals surface area contributed by atoms with Crippen LogP contribution in [0, 0.1) is 50.2 Å². The normalized spacial score (nSPS) is 46.6. The zero-order valence-corrected chi connectivity index (χ0v) is 26.5. The molecule has 0 heterocycles. The number of ketones is 1. The van der Waals surface area contributed by atoms with Crippen molar-refractivity contribution in [2.24, 2.45) is 50.2 Å². The van der Waals surface area contributed by atoms with E-state index in [0.717, 1.165) is 44.1 Å². The van der Waals surface area contributed by atoms with E-state index in [1.165, 1.54) is 0 Å². The Balaban J connectivity index is 1.51. The minimum Gasteiger partial charge on any atom is -0.481 e. The Morgan fingerprint density at radius 1 is 0.929 bits per heavy atom. The predicted molar refractivity (Wildman–Crippen MR) is 157 cm³/mol. The molecule has 5 aliphatic rings. The molecule has 0 spiro atoms. The van der Waals surface area contributed by atoms with Gasteiger partial charge < -0.3 is 20.6 Å². The number of hydrogen-bond acceptors (Lipinski definition) is 5. The molecule has 1 unspecified atom stereocenters. The average Bonchev–Trinajstić information content (AvgIpc) is 2.88. The summed E-state index contributed by atoms with van der Waals surface area (Å²) in [7, 11) is 0. The van der Waals surface area contributed by atoms with Gasteiger partial charge in [-0.05, 0) is 103 Å². The van der Waals surface area contributed by atoms with Crippen molar-refractivity contribution in [2.45, 2.75) is 125 Å². The number of carboxylic acid groups (broad SMARTS) is 2. The molecule has 0 aromatic heterocycles. The Morgan fingerprint density at radius 3 is 2.19 bits per heavy atom. The fourth-order valence-corrected chi connectivity index (χ4v) is 11.1. The first-order valence-corrected chi connectivity index (χ1v) is 15.9. The second kappa shape index (κ2) is 9.64. The van der Waals surface area contributed by atoms with Gasteiger partial charge in [0.2, 0.25) is 5.91 Å². The number of aliphatic hydroxyl groups is 1. The van der Waals surface area contributed by atoms with Gasteiger partial charge in [-0.1, -0.05) is 54.0 Å². The highest BCUT2D eigenvalue weighted by atomic mass is 16.4. The summed E-state index contributed by atoms with van der Waals surface area (Å²) in [6, 6.07) is -1.49. The number of carbonyl (C=O) groups excluding carboxylic acids is 2. The molecule has 42 heavy (non-hydrogen) atoms. The highest BCUT2D eigenvalue weighted by Crippen LogP contribution is 2.75. The second-order valence-electron chi connectivity index (χ2n) is 16.6. The summed E-state index contributed by atoms with van der Waals surface area (Å²) < 4.78 is 0. The number of fused-ring (bicyclic) bond motifs is 7. The zero-order valence-electron chi connectivity index (χ0n) is 26.5. The van der Waals surface area contributed by atoms with Crippen molar-refractivity contribution in [1.82, 2.24) is 5.32 Å². The third kappa shape index (κ3) is 4.24. The Bertz CT molecular complexity index is 1240. The molecule has 4 saturated carbocycles. The summed E-state index contributed by atoms with van der Waals surface area (Å²) in [5.41, 5.74) is -0.691. The third-order valence-corrected chi connectivity index (χ3v) is 14.1. The molecule has 0 aliphatic heterocycles. The molecular formula is C34H51NO7. The molecule has 10 atom stereocenters. The number of rotatable bonds is 5. The van der Waals surface area contributed by atoms with Crippen molar-refractivity contribution in [3.8, 4) is 0 Å². The van der Waals surface area contributed by atoms with Gasteiger partial charge in [-0.2, -0.15) is 0 Å². The van der Waals surface area contributed by atoms with Gasteiger partial charge >= 0.3 is 11.9 Å². The van der Waals surface area contributed by atoms with E-state index in [1.54, 1.807) is 0 Å². The minimum absolute atomic E-state index is 0.000348. The number of allylic oxidation sites excluding steroid dienone is 2. The number of nitrogens with one attached hydrogen (secondary N) is 1. The number of carbonyl (C=O) groups is 4. The molecule has 4 N–H and O–H groups in total. The predicted octanol–water partition coefficient (Wildman–Crippen LogP) is 5.37. The lowest BCUT2D eigenvalue weighted by Crippen LogP contribution is -2.66. The van der Waals surface area contributed by atoms with Gasteiger partial charge in [0.25, 0.3) is 0 Å². The van der Waals surface area contributed by atoms with Crippen LogP contribution in [0.2, 0.25) is 0 Å². The van der Waals surface area contributed by atoms with E-state index >= 15 is 0 Å². The topological polar surface area (TPSA) is 141 Å². The molecule has 5 rings (SSSR count). The molecule has 5 aliphatic carbocycles. The van der Waals surface area contributed by atoms with Gasteiger partial charge in [-0.3, -0.25) is 14.4 Å². The van der Waals surface area contributed by atoms with Crippen LogP contribution in [-0.2, 0) is 19.2 Å². The van der Waals surface area contributed by atoms with Gasteiger partial charge in [0.15, 0.2) is 5.78 Å². The highest BCUT2D eigenvalue weighted by molar-refractivity contribution is 5.96. The first-order valence-electron chi connectivity index (χ1n) is 15.9. The molecule has 8 nitrogen and oxygen atoms in total. The van der Waals surface area contributed by atoms with Crippen LogP contribution in [0.4, 0.5) is 0 Å². The summed E-state index contributed by atoms with van der Waals surface area (Å²) in [4.78, 5) is 51.0. The fourth-order valence-electron chi connectivity index (χ4n) is 11.1. The number of aliphatic hydroxyl groups excluding tert-OH is 1. The van der Waals surface area contributed by atoms with Gasteiger partial charge in [-0.15, -0.1) is 0 Å².